The lowest BCUT2D eigenvalue weighted by atomic mass is 10.0. The Hall–Kier alpha value is -4.73. The SMILES string of the molecule is N#Cc1ccc2c(c1)c1ccccc1n2-c1ccc(C2NC(c3ccccc3)[NH2+]C(c3ccccc3)N2)cc1. The third-order valence-electron chi connectivity index (χ3n) is 7.68. The number of hydrogen-bond acceptors (Lipinski definition) is 3. The Morgan fingerprint density at radius 2 is 1.18 bits per heavy atom. The highest BCUT2D eigenvalue weighted by molar-refractivity contribution is 6.09. The van der Waals surface area contributed by atoms with Crippen molar-refractivity contribution in [3.8, 4) is 11.8 Å². The molecule has 7 rings (SSSR count). The van der Waals surface area contributed by atoms with Crippen LogP contribution in [0.15, 0.2) is 127 Å². The normalized spacial score (nSPS) is 19.2. The number of nitriles is 1. The van der Waals surface area contributed by atoms with Crippen LogP contribution in [0.1, 0.15) is 40.8 Å². The van der Waals surface area contributed by atoms with E-state index in [1.807, 2.05) is 12.1 Å². The number of benzene rings is 5. The maximum Gasteiger partial charge on any atom is 0.169 e. The van der Waals surface area contributed by atoms with Gasteiger partial charge in [-0.1, -0.05) is 91.0 Å². The minimum Gasteiger partial charge on any atom is -0.309 e. The van der Waals surface area contributed by atoms with Gasteiger partial charge in [0.05, 0.1) is 28.8 Å². The number of para-hydroxylation sites is 1. The predicted octanol–water partition coefficient (Wildman–Crippen LogP) is 5.81. The molecule has 2 heterocycles. The van der Waals surface area contributed by atoms with Crippen molar-refractivity contribution in [1.29, 1.82) is 5.26 Å². The minimum atomic E-state index is -0.0178. The molecule has 2 unspecified atom stereocenters. The van der Waals surface area contributed by atoms with Crippen LogP contribution in [0.2, 0.25) is 0 Å². The second-order valence-electron chi connectivity index (χ2n) is 10.0. The Balaban J connectivity index is 1.26. The molecule has 5 aromatic carbocycles. The quantitative estimate of drug-likeness (QED) is 0.283. The molecular weight excluding hydrogens is 478 g/mol. The molecule has 1 saturated heterocycles. The second kappa shape index (κ2) is 9.86. The van der Waals surface area contributed by atoms with E-state index in [-0.39, 0.29) is 18.5 Å². The summed E-state index contributed by atoms with van der Waals surface area (Å²) in [6.45, 7) is 0. The van der Waals surface area contributed by atoms with Gasteiger partial charge >= 0.3 is 0 Å². The molecule has 0 bridgehead atoms. The van der Waals surface area contributed by atoms with Crippen molar-refractivity contribution in [2.45, 2.75) is 18.5 Å². The average molecular weight is 507 g/mol. The Morgan fingerprint density at radius 3 is 1.82 bits per heavy atom. The topological polar surface area (TPSA) is 69.4 Å². The average Bonchev–Trinajstić information content (AvgIpc) is 3.35. The molecule has 0 saturated carbocycles. The number of nitrogens with two attached hydrogens (primary N) is 1. The molecule has 5 heteroatoms. The molecule has 2 atom stereocenters. The van der Waals surface area contributed by atoms with Crippen LogP contribution in [0.4, 0.5) is 0 Å². The number of nitrogens with one attached hydrogen (secondary N) is 2. The molecule has 0 spiro atoms. The summed E-state index contributed by atoms with van der Waals surface area (Å²) in [4.78, 5) is 0. The lowest BCUT2D eigenvalue weighted by Crippen LogP contribution is -2.94. The molecule has 1 fully saturated rings. The Morgan fingerprint density at radius 1 is 0.590 bits per heavy atom. The molecule has 4 N–H and O–H groups in total. The van der Waals surface area contributed by atoms with Crippen molar-refractivity contribution < 1.29 is 5.32 Å². The van der Waals surface area contributed by atoms with Gasteiger partial charge in [0, 0.05) is 27.6 Å². The second-order valence-corrected chi connectivity index (χ2v) is 10.0. The molecule has 0 amide bonds. The summed E-state index contributed by atoms with van der Waals surface area (Å²) in [6, 6.07) is 46.6. The Bertz CT molecular complexity index is 1750. The zero-order chi connectivity index (χ0) is 26.2. The maximum atomic E-state index is 9.46. The summed E-state index contributed by atoms with van der Waals surface area (Å²) in [6.07, 6.45) is 0.221. The van der Waals surface area contributed by atoms with Crippen LogP contribution in [0.25, 0.3) is 27.5 Å². The number of quaternary nitrogens is 1. The fourth-order valence-electron chi connectivity index (χ4n) is 5.78. The van der Waals surface area contributed by atoms with Crippen molar-refractivity contribution in [2.75, 3.05) is 0 Å². The molecule has 39 heavy (non-hydrogen) atoms. The van der Waals surface area contributed by atoms with Gasteiger partial charge in [0.2, 0.25) is 0 Å². The van der Waals surface area contributed by atoms with Gasteiger partial charge in [-0.15, -0.1) is 0 Å². The van der Waals surface area contributed by atoms with E-state index in [1.54, 1.807) is 0 Å². The molecule has 188 valence electrons. The minimum absolute atomic E-state index is 0.0178. The lowest BCUT2D eigenvalue weighted by Gasteiger charge is -2.36. The number of nitrogens with zero attached hydrogens (tertiary/aromatic N) is 2. The van der Waals surface area contributed by atoms with Crippen LogP contribution in [0.5, 0.6) is 0 Å². The maximum absolute atomic E-state index is 9.46. The number of fused-ring (bicyclic) bond motifs is 3. The summed E-state index contributed by atoms with van der Waals surface area (Å²) < 4.78 is 2.28. The van der Waals surface area contributed by atoms with Gasteiger partial charge < -0.3 is 9.88 Å². The van der Waals surface area contributed by atoms with Gasteiger partial charge in [0.15, 0.2) is 12.3 Å². The van der Waals surface area contributed by atoms with E-state index in [9.17, 15) is 5.26 Å². The first-order valence-corrected chi connectivity index (χ1v) is 13.3. The fourth-order valence-corrected chi connectivity index (χ4v) is 5.78. The molecule has 1 aliphatic heterocycles. The van der Waals surface area contributed by atoms with Crippen molar-refractivity contribution in [3.63, 3.8) is 0 Å². The number of aromatic nitrogens is 1. The summed E-state index contributed by atoms with van der Waals surface area (Å²) in [5.41, 5.74) is 7.68. The molecule has 6 aromatic rings. The highest BCUT2D eigenvalue weighted by Gasteiger charge is 2.33. The first-order valence-electron chi connectivity index (χ1n) is 13.3. The van der Waals surface area contributed by atoms with E-state index >= 15 is 0 Å². The van der Waals surface area contributed by atoms with Crippen LogP contribution in [-0.2, 0) is 0 Å². The fraction of sp³-hybridized carbons (Fsp3) is 0.0882. The smallest absolute Gasteiger partial charge is 0.169 e. The van der Waals surface area contributed by atoms with Gasteiger partial charge in [0.25, 0.3) is 0 Å². The standard InChI is InChI=1S/C34H27N5/c35-22-23-15-20-31-29(21-23)28-13-7-8-14-30(28)39(31)27-18-16-26(17-19-27)34-37-32(24-9-3-1-4-10-24)36-33(38-34)25-11-5-2-6-12-25/h1-21,32-34,36-38H/p+1. The van der Waals surface area contributed by atoms with Gasteiger partial charge in [0.1, 0.15) is 0 Å². The largest absolute Gasteiger partial charge is 0.309 e. The van der Waals surface area contributed by atoms with Crippen LogP contribution in [0, 0.1) is 11.3 Å². The van der Waals surface area contributed by atoms with E-state index in [4.69, 9.17) is 0 Å². The van der Waals surface area contributed by atoms with Crippen LogP contribution >= 0.6 is 0 Å². The van der Waals surface area contributed by atoms with E-state index in [0.717, 1.165) is 27.5 Å². The lowest BCUT2D eigenvalue weighted by molar-refractivity contribution is -0.755. The van der Waals surface area contributed by atoms with Crippen LogP contribution < -0.4 is 16.0 Å². The zero-order valence-corrected chi connectivity index (χ0v) is 21.3. The van der Waals surface area contributed by atoms with E-state index < -0.39 is 0 Å². The van der Waals surface area contributed by atoms with Crippen LogP contribution in [-0.4, -0.2) is 4.57 Å². The monoisotopic (exact) mass is 506 g/mol. The van der Waals surface area contributed by atoms with Gasteiger partial charge in [-0.05, 0) is 42.0 Å². The molecule has 1 aliphatic rings. The third kappa shape index (κ3) is 4.27. The Labute approximate surface area is 227 Å². The number of rotatable bonds is 4. The molecular formula is C34H28N5+. The van der Waals surface area contributed by atoms with E-state index in [1.165, 1.54) is 16.7 Å². The van der Waals surface area contributed by atoms with Gasteiger partial charge in [-0.3, -0.25) is 0 Å². The summed E-state index contributed by atoms with van der Waals surface area (Å²) in [5, 5.41) is 21.7. The third-order valence-corrected chi connectivity index (χ3v) is 7.68. The molecule has 0 radical (unpaired) electrons. The molecule has 5 nitrogen and oxygen atoms in total. The van der Waals surface area contributed by atoms with Gasteiger partial charge in [-0.2, -0.15) is 5.26 Å². The number of hydrogen-bond donors (Lipinski definition) is 3. The van der Waals surface area contributed by atoms with Gasteiger partial charge in [-0.25, -0.2) is 10.6 Å². The summed E-state index contributed by atoms with van der Waals surface area (Å²) in [7, 11) is 0. The van der Waals surface area contributed by atoms with E-state index in [0.29, 0.717) is 5.56 Å². The molecule has 0 aliphatic carbocycles. The van der Waals surface area contributed by atoms with Crippen molar-refractivity contribution >= 4 is 21.8 Å². The summed E-state index contributed by atoms with van der Waals surface area (Å²) >= 11 is 0. The van der Waals surface area contributed by atoms with E-state index in [2.05, 4.69) is 142 Å². The zero-order valence-electron chi connectivity index (χ0n) is 21.3. The Kier molecular flexibility index (Phi) is 5.92. The van der Waals surface area contributed by atoms with Crippen molar-refractivity contribution in [1.82, 2.24) is 15.2 Å². The highest BCUT2D eigenvalue weighted by atomic mass is 15.4. The van der Waals surface area contributed by atoms with Crippen molar-refractivity contribution in [2.24, 2.45) is 0 Å². The first kappa shape index (κ1) is 23.4. The summed E-state index contributed by atoms with van der Waals surface area (Å²) in [5.74, 6) is 0. The highest BCUT2D eigenvalue weighted by Crippen LogP contribution is 2.33. The van der Waals surface area contributed by atoms with Crippen molar-refractivity contribution in [3.05, 3.63) is 150 Å². The molecule has 1 aromatic heterocycles. The van der Waals surface area contributed by atoms with Crippen LogP contribution in [0.3, 0.4) is 0 Å². The predicted molar refractivity (Wildman–Crippen MR) is 155 cm³/mol. The first-order chi connectivity index (χ1) is 19.3.